The van der Waals surface area contributed by atoms with Crippen LogP contribution in [0.25, 0.3) is 0 Å². The summed E-state index contributed by atoms with van der Waals surface area (Å²) in [7, 11) is 0. The molecule has 2 rings (SSSR count). The van der Waals surface area contributed by atoms with Gasteiger partial charge in [-0.05, 0) is 30.7 Å². The second-order valence-electron chi connectivity index (χ2n) is 6.24. The van der Waals surface area contributed by atoms with Gasteiger partial charge in [-0.1, -0.05) is 48.9 Å². The molecule has 1 fully saturated rings. The number of benzene rings is 1. The Morgan fingerprint density at radius 2 is 1.87 bits per heavy atom. The van der Waals surface area contributed by atoms with E-state index in [1.54, 1.807) is 17.1 Å². The van der Waals surface area contributed by atoms with Gasteiger partial charge in [0.2, 0.25) is 5.91 Å². The zero-order valence-electron chi connectivity index (χ0n) is 13.9. The van der Waals surface area contributed by atoms with Gasteiger partial charge in [-0.25, -0.2) is 0 Å². The van der Waals surface area contributed by atoms with Crippen molar-refractivity contribution in [2.75, 3.05) is 19.6 Å². The summed E-state index contributed by atoms with van der Waals surface area (Å²) >= 11 is 0. The van der Waals surface area contributed by atoms with Crippen molar-refractivity contribution in [2.24, 2.45) is 5.92 Å². The fourth-order valence-corrected chi connectivity index (χ4v) is 3.39. The maximum absolute atomic E-state index is 12.3. The zero-order chi connectivity index (χ0) is 16.5. The average molecular weight is 312 g/mol. The van der Waals surface area contributed by atoms with E-state index >= 15 is 0 Å². The van der Waals surface area contributed by atoms with Crippen molar-refractivity contribution in [1.29, 1.82) is 0 Å². The van der Waals surface area contributed by atoms with Crippen LogP contribution in [0.3, 0.4) is 0 Å². The van der Waals surface area contributed by atoms with Crippen molar-refractivity contribution in [1.82, 2.24) is 10.2 Å². The van der Waals surface area contributed by atoms with Gasteiger partial charge in [0.25, 0.3) is 0 Å². The minimum atomic E-state index is 0.121. The summed E-state index contributed by atoms with van der Waals surface area (Å²) in [6.45, 7) is 8.97. The van der Waals surface area contributed by atoms with Crippen LogP contribution in [0.15, 0.2) is 55.6 Å². The second-order valence-corrected chi connectivity index (χ2v) is 6.24. The lowest BCUT2D eigenvalue weighted by Crippen LogP contribution is -2.43. The molecule has 0 aromatic heterocycles. The number of nitrogens with zero attached hydrogens (tertiary/aromatic N) is 1. The van der Waals surface area contributed by atoms with Crippen molar-refractivity contribution in [2.45, 2.75) is 31.7 Å². The molecule has 0 bridgehead atoms. The Morgan fingerprint density at radius 1 is 1.17 bits per heavy atom. The molecule has 1 saturated carbocycles. The molecule has 2 atom stereocenters. The smallest absolute Gasteiger partial charge is 0.237 e. The number of rotatable bonds is 9. The molecule has 0 radical (unpaired) electrons. The normalized spacial score (nSPS) is 20.2. The Bertz CT molecular complexity index is 502. The quantitative estimate of drug-likeness (QED) is 0.710. The fourth-order valence-electron chi connectivity index (χ4n) is 3.39. The summed E-state index contributed by atoms with van der Waals surface area (Å²) < 4.78 is 0. The van der Waals surface area contributed by atoms with Gasteiger partial charge in [0.15, 0.2) is 0 Å². The van der Waals surface area contributed by atoms with Gasteiger partial charge in [-0.15, -0.1) is 13.2 Å². The van der Waals surface area contributed by atoms with Crippen molar-refractivity contribution < 1.29 is 4.79 Å². The third-order valence-electron chi connectivity index (χ3n) is 4.57. The number of hydrogen-bond acceptors (Lipinski definition) is 2. The molecule has 3 nitrogen and oxygen atoms in total. The molecule has 1 aromatic rings. The molecule has 0 spiro atoms. The van der Waals surface area contributed by atoms with Crippen LogP contribution in [0.4, 0.5) is 0 Å². The first-order chi connectivity index (χ1) is 11.2. The molecule has 1 N–H and O–H groups in total. The first-order valence-corrected chi connectivity index (χ1v) is 8.51. The molecule has 0 aliphatic heterocycles. The van der Waals surface area contributed by atoms with E-state index in [1.165, 1.54) is 18.4 Å². The van der Waals surface area contributed by atoms with E-state index in [1.807, 2.05) is 0 Å². The first kappa shape index (κ1) is 17.5. The summed E-state index contributed by atoms with van der Waals surface area (Å²) in [6.07, 6.45) is 8.25. The molecule has 1 aliphatic rings. The third-order valence-corrected chi connectivity index (χ3v) is 4.57. The van der Waals surface area contributed by atoms with Gasteiger partial charge >= 0.3 is 0 Å². The minimum Gasteiger partial charge on any atom is -0.334 e. The van der Waals surface area contributed by atoms with Crippen molar-refractivity contribution in [3.05, 3.63) is 61.2 Å². The van der Waals surface area contributed by atoms with Crippen LogP contribution in [0, 0.1) is 5.92 Å². The number of hydrogen-bond donors (Lipinski definition) is 1. The summed E-state index contributed by atoms with van der Waals surface area (Å²) in [5.74, 6) is 0.743. The molecule has 1 amide bonds. The average Bonchev–Trinajstić information content (AvgIpc) is 3.00. The monoisotopic (exact) mass is 312 g/mol. The molecule has 1 aromatic carbocycles. The summed E-state index contributed by atoms with van der Waals surface area (Å²) in [5, 5.41) is 3.49. The van der Waals surface area contributed by atoms with Crippen LogP contribution in [0.2, 0.25) is 0 Å². The molecular weight excluding hydrogens is 284 g/mol. The zero-order valence-corrected chi connectivity index (χ0v) is 13.9. The molecule has 23 heavy (non-hydrogen) atoms. The van der Waals surface area contributed by atoms with Gasteiger partial charge in [-0.2, -0.15) is 0 Å². The van der Waals surface area contributed by atoms with Gasteiger partial charge in [-0.3, -0.25) is 4.79 Å². The minimum absolute atomic E-state index is 0.121. The van der Waals surface area contributed by atoms with E-state index in [-0.39, 0.29) is 5.91 Å². The lowest BCUT2D eigenvalue weighted by atomic mass is 9.94. The highest BCUT2D eigenvalue weighted by atomic mass is 16.2. The van der Waals surface area contributed by atoms with Crippen LogP contribution >= 0.6 is 0 Å². The van der Waals surface area contributed by atoms with E-state index in [4.69, 9.17) is 0 Å². The van der Waals surface area contributed by atoms with Crippen LogP contribution in [-0.2, 0) is 11.2 Å². The molecule has 3 heteroatoms. The highest BCUT2D eigenvalue weighted by molar-refractivity contribution is 5.78. The number of nitrogens with one attached hydrogen (secondary N) is 1. The summed E-state index contributed by atoms with van der Waals surface area (Å²) in [5.41, 5.74) is 1.39. The van der Waals surface area contributed by atoms with E-state index in [9.17, 15) is 4.79 Å². The number of amides is 1. The molecule has 0 heterocycles. The number of carbonyl (C=O) groups excluding carboxylic acids is 1. The van der Waals surface area contributed by atoms with Gasteiger partial charge in [0.05, 0.1) is 6.54 Å². The van der Waals surface area contributed by atoms with Crippen molar-refractivity contribution in [3.8, 4) is 0 Å². The second kappa shape index (κ2) is 9.31. The molecule has 1 aliphatic carbocycles. The van der Waals surface area contributed by atoms with Gasteiger partial charge in [0.1, 0.15) is 0 Å². The maximum atomic E-state index is 12.3. The largest absolute Gasteiger partial charge is 0.334 e. The highest BCUT2D eigenvalue weighted by Crippen LogP contribution is 2.28. The highest BCUT2D eigenvalue weighted by Gasteiger charge is 2.27. The predicted molar refractivity (Wildman–Crippen MR) is 96.3 cm³/mol. The lowest BCUT2D eigenvalue weighted by Gasteiger charge is -2.24. The van der Waals surface area contributed by atoms with Crippen LogP contribution in [0.1, 0.15) is 24.8 Å². The van der Waals surface area contributed by atoms with E-state index in [0.717, 1.165) is 12.8 Å². The van der Waals surface area contributed by atoms with Gasteiger partial charge in [0, 0.05) is 19.1 Å². The van der Waals surface area contributed by atoms with E-state index in [2.05, 4.69) is 48.8 Å². The lowest BCUT2D eigenvalue weighted by molar-refractivity contribution is -0.129. The Morgan fingerprint density at radius 3 is 2.52 bits per heavy atom. The molecule has 124 valence electrons. The Hall–Kier alpha value is -1.87. The molecular formula is C20H28N2O. The molecule has 0 saturated heterocycles. The van der Waals surface area contributed by atoms with E-state index < -0.39 is 0 Å². The summed E-state index contributed by atoms with van der Waals surface area (Å²) in [4.78, 5) is 14.1. The number of carbonyl (C=O) groups is 1. The van der Waals surface area contributed by atoms with Crippen LogP contribution in [0.5, 0.6) is 0 Å². The Kier molecular flexibility index (Phi) is 7.08. The predicted octanol–water partition coefficient (Wildman–Crippen LogP) is 3.19. The van der Waals surface area contributed by atoms with Crippen LogP contribution in [-0.4, -0.2) is 36.5 Å². The van der Waals surface area contributed by atoms with Crippen LogP contribution < -0.4 is 5.32 Å². The SMILES string of the molecule is C=CCN(CC=C)C(=O)CNC1CCCC1Cc1ccccc1. The van der Waals surface area contributed by atoms with E-state index in [0.29, 0.717) is 31.6 Å². The Balaban J connectivity index is 1.84. The van der Waals surface area contributed by atoms with Crippen molar-refractivity contribution in [3.63, 3.8) is 0 Å². The Labute approximate surface area is 140 Å². The van der Waals surface area contributed by atoms with Gasteiger partial charge < -0.3 is 10.2 Å². The topological polar surface area (TPSA) is 32.3 Å². The fraction of sp³-hybridized carbons (Fsp3) is 0.450. The van der Waals surface area contributed by atoms with Crippen molar-refractivity contribution >= 4 is 5.91 Å². The maximum Gasteiger partial charge on any atom is 0.237 e. The summed E-state index contributed by atoms with van der Waals surface area (Å²) in [6, 6.07) is 11.1. The molecule has 2 unspecified atom stereocenters. The first-order valence-electron chi connectivity index (χ1n) is 8.51. The third kappa shape index (κ3) is 5.36. The standard InChI is InChI=1S/C20H28N2O/c1-3-13-22(14-4-2)20(23)16-21-19-12-8-11-18(19)15-17-9-6-5-7-10-17/h3-7,9-10,18-19,21H,1-2,8,11-16H2.